The monoisotopic (exact) mass is 343 g/mol. The number of carbonyl (C=O) groups excluding carboxylic acids is 2. The van der Waals surface area contributed by atoms with Crippen molar-refractivity contribution >= 4 is 40.1 Å². The van der Waals surface area contributed by atoms with Crippen molar-refractivity contribution in [2.75, 3.05) is 11.9 Å². The quantitative estimate of drug-likeness (QED) is 0.332. The van der Waals surface area contributed by atoms with E-state index < -0.39 is 29.2 Å². The predicted octanol–water partition coefficient (Wildman–Crippen LogP) is 3.35. The van der Waals surface area contributed by atoms with E-state index in [1.54, 1.807) is 37.3 Å². The van der Waals surface area contributed by atoms with Crippen LogP contribution in [0.25, 0.3) is 16.5 Å². The Morgan fingerprint density at radius 2 is 1.68 bits per heavy atom. The first-order valence-electron chi connectivity index (χ1n) is 7.49. The van der Waals surface area contributed by atoms with Crippen LogP contribution < -0.4 is 5.32 Å². The van der Waals surface area contributed by atoms with Crippen molar-refractivity contribution in [3.63, 3.8) is 0 Å². The minimum Gasteiger partial charge on any atom is -0.506 e. The van der Waals surface area contributed by atoms with Crippen LogP contribution in [0.15, 0.2) is 42.0 Å². The van der Waals surface area contributed by atoms with Gasteiger partial charge in [0.2, 0.25) is 0 Å². The number of aliphatic hydroxyl groups excluding tert-OH is 1. The maximum Gasteiger partial charge on any atom is 0.411 e. The van der Waals surface area contributed by atoms with Crippen LogP contribution >= 0.6 is 0 Å². The normalized spacial score (nSPS) is 11.6. The fourth-order valence-electron chi connectivity index (χ4n) is 2.37. The van der Waals surface area contributed by atoms with E-state index in [2.05, 4.69) is 5.32 Å². The average Bonchev–Trinajstić information content (AvgIpc) is 2.53. The van der Waals surface area contributed by atoms with Gasteiger partial charge in [-0.25, -0.2) is 9.59 Å². The van der Waals surface area contributed by atoms with E-state index in [9.17, 15) is 24.6 Å². The number of ether oxygens (including phenoxy) is 1. The number of aliphatic hydroxyl groups is 1. The van der Waals surface area contributed by atoms with Gasteiger partial charge in [-0.3, -0.25) is 10.1 Å². The number of carboxylic acid groups (broad SMARTS) is 1. The third-order valence-corrected chi connectivity index (χ3v) is 3.46. The van der Waals surface area contributed by atoms with Gasteiger partial charge in [0.15, 0.2) is 5.78 Å². The van der Waals surface area contributed by atoms with Gasteiger partial charge in [0.05, 0.1) is 12.3 Å². The van der Waals surface area contributed by atoms with E-state index in [4.69, 9.17) is 4.74 Å². The number of carboxylic acids is 1. The highest BCUT2D eigenvalue weighted by molar-refractivity contribution is 6.21. The zero-order valence-corrected chi connectivity index (χ0v) is 13.7. The average molecular weight is 343 g/mol. The Labute approximate surface area is 143 Å². The van der Waals surface area contributed by atoms with E-state index in [1.165, 1.54) is 6.07 Å². The molecule has 0 aliphatic carbocycles. The topological polar surface area (TPSA) is 113 Å². The van der Waals surface area contributed by atoms with Gasteiger partial charge in [0.25, 0.3) is 0 Å². The first-order valence-corrected chi connectivity index (χ1v) is 7.49. The Balaban J connectivity index is 2.70. The first-order chi connectivity index (χ1) is 11.8. The molecule has 0 aliphatic heterocycles. The number of amides is 1. The molecule has 2 aromatic carbocycles. The van der Waals surface area contributed by atoms with Crippen molar-refractivity contribution in [2.45, 2.75) is 13.8 Å². The van der Waals surface area contributed by atoms with Crippen LogP contribution in [0.1, 0.15) is 19.4 Å². The number of benzene rings is 2. The molecular weight excluding hydrogens is 326 g/mol. The number of rotatable bonds is 5. The number of Topliss-reactive ketones (excluding diaryl/α,β-unsaturated/α-hetero) is 1. The summed E-state index contributed by atoms with van der Waals surface area (Å²) in [6, 6.07) is 10.2. The Hall–Kier alpha value is -3.35. The number of anilines is 1. The summed E-state index contributed by atoms with van der Waals surface area (Å²) in [4.78, 5) is 34.6. The zero-order valence-electron chi connectivity index (χ0n) is 13.7. The number of fused-ring (bicyclic) bond motifs is 1. The van der Waals surface area contributed by atoms with Crippen molar-refractivity contribution in [2.24, 2.45) is 0 Å². The lowest BCUT2D eigenvalue weighted by atomic mass is 10.00. The lowest BCUT2D eigenvalue weighted by Crippen LogP contribution is -2.16. The molecule has 0 radical (unpaired) electrons. The molecule has 0 saturated carbocycles. The second-order valence-corrected chi connectivity index (χ2v) is 5.18. The third-order valence-electron chi connectivity index (χ3n) is 3.46. The molecule has 0 bridgehead atoms. The summed E-state index contributed by atoms with van der Waals surface area (Å²) in [5, 5.41) is 23.5. The molecule has 0 unspecified atom stereocenters. The van der Waals surface area contributed by atoms with E-state index in [-0.39, 0.29) is 17.9 Å². The maximum absolute atomic E-state index is 11.7. The second-order valence-electron chi connectivity index (χ2n) is 5.18. The molecule has 0 saturated heterocycles. The number of ketones is 1. The van der Waals surface area contributed by atoms with E-state index in [0.717, 1.165) is 12.3 Å². The van der Waals surface area contributed by atoms with Crippen LogP contribution in [-0.4, -0.2) is 34.7 Å². The fourth-order valence-corrected chi connectivity index (χ4v) is 2.37. The molecular formula is C18H17NO6. The van der Waals surface area contributed by atoms with Gasteiger partial charge in [-0.15, -0.1) is 0 Å². The zero-order chi connectivity index (χ0) is 18.6. The van der Waals surface area contributed by atoms with Crippen LogP contribution in [-0.2, 0) is 14.3 Å². The molecule has 0 aromatic heterocycles. The Bertz CT molecular complexity index is 868. The van der Waals surface area contributed by atoms with Crippen LogP contribution in [0.5, 0.6) is 0 Å². The van der Waals surface area contributed by atoms with Crippen LogP contribution in [0.2, 0.25) is 0 Å². The van der Waals surface area contributed by atoms with Crippen molar-refractivity contribution in [1.82, 2.24) is 0 Å². The molecule has 7 nitrogen and oxygen atoms in total. The van der Waals surface area contributed by atoms with Gasteiger partial charge in [0.1, 0.15) is 11.3 Å². The van der Waals surface area contributed by atoms with E-state index in [0.29, 0.717) is 5.39 Å². The summed E-state index contributed by atoms with van der Waals surface area (Å²) in [7, 11) is 0. The summed E-state index contributed by atoms with van der Waals surface area (Å²) in [6.07, 6.45) is -0.758. The number of hydrogen-bond donors (Lipinski definition) is 3. The molecule has 7 heteroatoms. The summed E-state index contributed by atoms with van der Waals surface area (Å²) < 4.78 is 4.82. The van der Waals surface area contributed by atoms with Gasteiger partial charge >= 0.3 is 12.1 Å². The van der Waals surface area contributed by atoms with Crippen molar-refractivity contribution in [3.8, 4) is 0 Å². The fraction of sp³-hybridized carbons (Fsp3) is 0.167. The highest BCUT2D eigenvalue weighted by Crippen LogP contribution is 2.30. The lowest BCUT2D eigenvalue weighted by Gasteiger charge is -2.13. The summed E-state index contributed by atoms with van der Waals surface area (Å²) >= 11 is 0. The largest absolute Gasteiger partial charge is 0.506 e. The molecule has 0 spiro atoms. The minimum absolute atomic E-state index is 0.0133. The standard InChI is InChI=1S/C18H17NO6/c1-3-25-18(24)19-14-9-12-7-5-4-6-11(12)8-13(14)16(21)15(10(2)20)17(22)23/h4-9,21H,3H2,1-2H3,(H,19,24)(H,22,23). The molecule has 2 aromatic rings. The lowest BCUT2D eigenvalue weighted by molar-refractivity contribution is -0.134. The van der Waals surface area contributed by atoms with Gasteiger partial charge in [-0.1, -0.05) is 24.3 Å². The molecule has 0 atom stereocenters. The summed E-state index contributed by atoms with van der Waals surface area (Å²) in [6.45, 7) is 2.82. The maximum atomic E-state index is 11.7. The molecule has 130 valence electrons. The van der Waals surface area contributed by atoms with Gasteiger partial charge in [0, 0.05) is 5.56 Å². The molecule has 0 fully saturated rings. The number of nitrogens with one attached hydrogen (secondary N) is 1. The Morgan fingerprint density at radius 1 is 1.08 bits per heavy atom. The number of aliphatic carboxylic acids is 1. The van der Waals surface area contributed by atoms with Gasteiger partial charge in [-0.05, 0) is 36.8 Å². The van der Waals surface area contributed by atoms with Crippen molar-refractivity contribution < 1.29 is 29.3 Å². The third kappa shape index (κ3) is 3.95. The van der Waals surface area contributed by atoms with E-state index >= 15 is 0 Å². The predicted molar refractivity (Wildman–Crippen MR) is 92.5 cm³/mol. The van der Waals surface area contributed by atoms with Crippen LogP contribution in [0, 0.1) is 0 Å². The molecule has 1 amide bonds. The number of hydrogen-bond acceptors (Lipinski definition) is 5. The summed E-state index contributed by atoms with van der Waals surface area (Å²) in [5.74, 6) is -3.09. The second kappa shape index (κ2) is 7.48. The summed E-state index contributed by atoms with van der Waals surface area (Å²) in [5.41, 5.74) is -0.615. The molecule has 0 aliphatic rings. The van der Waals surface area contributed by atoms with E-state index in [1.807, 2.05) is 0 Å². The molecule has 0 heterocycles. The SMILES string of the molecule is CCOC(=O)Nc1cc2ccccc2cc1C(O)=C(C(C)=O)C(=O)O. The molecule has 25 heavy (non-hydrogen) atoms. The Morgan fingerprint density at radius 3 is 2.20 bits per heavy atom. The van der Waals surface area contributed by atoms with Crippen LogP contribution in [0.3, 0.4) is 0 Å². The number of carbonyl (C=O) groups is 3. The van der Waals surface area contributed by atoms with Gasteiger partial charge < -0.3 is 14.9 Å². The smallest absolute Gasteiger partial charge is 0.411 e. The highest BCUT2D eigenvalue weighted by Gasteiger charge is 2.23. The molecule has 2 rings (SSSR count). The van der Waals surface area contributed by atoms with Crippen molar-refractivity contribution in [3.05, 3.63) is 47.5 Å². The Kier molecular flexibility index (Phi) is 5.38. The highest BCUT2D eigenvalue weighted by atomic mass is 16.5. The van der Waals surface area contributed by atoms with Crippen LogP contribution in [0.4, 0.5) is 10.5 Å². The van der Waals surface area contributed by atoms with Gasteiger partial charge in [-0.2, -0.15) is 0 Å². The minimum atomic E-state index is -1.56. The van der Waals surface area contributed by atoms with Crippen molar-refractivity contribution in [1.29, 1.82) is 0 Å². The molecule has 3 N–H and O–H groups in total. The first kappa shape index (κ1) is 18.0.